The summed E-state index contributed by atoms with van der Waals surface area (Å²) < 4.78 is 9.37. The number of ether oxygens (including phenoxy) is 1. The van der Waals surface area contributed by atoms with Crippen LogP contribution in [0.3, 0.4) is 0 Å². The zero-order valence-corrected chi connectivity index (χ0v) is 18.9. The molecule has 0 fully saturated rings. The maximum absolute atomic E-state index is 5.51. The average Bonchev–Trinajstić information content (AvgIpc) is 3.29. The highest BCUT2D eigenvalue weighted by Gasteiger charge is 2.14. The van der Waals surface area contributed by atoms with Crippen molar-refractivity contribution in [1.29, 1.82) is 0 Å². The second kappa shape index (κ2) is 9.57. The maximum atomic E-state index is 5.51. The molecule has 1 N–H and O–H groups in total. The number of hydrogen-bond acceptors (Lipinski definition) is 3. The Labute approximate surface area is 178 Å². The summed E-state index contributed by atoms with van der Waals surface area (Å²) in [6.45, 7) is 10.3. The lowest BCUT2D eigenvalue weighted by molar-refractivity contribution is -0.382. The monoisotopic (exact) mass is 406 g/mol. The third kappa shape index (κ3) is 4.70. The number of unbranched alkanes of at least 4 members (excludes halogenated alkanes) is 1. The van der Waals surface area contributed by atoms with Gasteiger partial charge in [0.25, 0.3) is 0 Å². The molecule has 0 aliphatic rings. The molecule has 0 saturated carbocycles. The fourth-order valence-corrected chi connectivity index (χ4v) is 3.38. The number of aromatic amines is 1. The predicted molar refractivity (Wildman–Crippen MR) is 122 cm³/mol. The van der Waals surface area contributed by atoms with Crippen molar-refractivity contribution in [2.75, 3.05) is 7.11 Å². The van der Waals surface area contributed by atoms with E-state index in [1.807, 2.05) is 47.5 Å². The fraction of sp³-hybridized carbons (Fsp3) is 0.375. The van der Waals surface area contributed by atoms with Gasteiger partial charge in [0.05, 0.1) is 7.11 Å². The quantitative estimate of drug-likeness (QED) is 0.504. The molecule has 0 amide bonds. The SMILES string of the molecule is CCCCc1ccc(OC)n1/N=C(\C)c1cccc(/C(C)=N/n2c(C)ccc2C)[nH+]1. The van der Waals surface area contributed by atoms with E-state index in [-0.39, 0.29) is 0 Å². The highest BCUT2D eigenvalue weighted by Crippen LogP contribution is 2.19. The number of H-pyrrole nitrogens is 1. The third-order valence-corrected chi connectivity index (χ3v) is 5.20. The van der Waals surface area contributed by atoms with Crippen molar-refractivity contribution in [3.8, 4) is 5.88 Å². The number of nitrogens with one attached hydrogen (secondary N) is 1. The highest BCUT2D eigenvalue weighted by molar-refractivity contribution is 5.98. The van der Waals surface area contributed by atoms with Gasteiger partial charge in [0.1, 0.15) is 11.4 Å². The molecule has 0 unspecified atom stereocenters. The smallest absolute Gasteiger partial charge is 0.227 e. The zero-order chi connectivity index (χ0) is 21.7. The lowest BCUT2D eigenvalue weighted by atomic mass is 10.2. The summed E-state index contributed by atoms with van der Waals surface area (Å²) in [4.78, 5) is 3.48. The van der Waals surface area contributed by atoms with E-state index < -0.39 is 0 Å². The van der Waals surface area contributed by atoms with E-state index in [2.05, 4.69) is 44.0 Å². The van der Waals surface area contributed by atoms with Gasteiger partial charge < -0.3 is 4.74 Å². The normalized spacial score (nSPS) is 12.5. The molecule has 3 rings (SSSR count). The largest absolute Gasteiger partial charge is 0.481 e. The minimum Gasteiger partial charge on any atom is -0.481 e. The molecule has 158 valence electrons. The van der Waals surface area contributed by atoms with Crippen molar-refractivity contribution in [2.45, 2.75) is 53.9 Å². The zero-order valence-electron chi connectivity index (χ0n) is 18.9. The Morgan fingerprint density at radius 3 is 2.07 bits per heavy atom. The second-order valence-electron chi connectivity index (χ2n) is 7.56. The van der Waals surface area contributed by atoms with Crippen LogP contribution in [0.5, 0.6) is 5.88 Å². The predicted octanol–water partition coefficient (Wildman–Crippen LogP) is 4.62. The molecule has 6 nitrogen and oxygen atoms in total. The number of rotatable bonds is 8. The lowest BCUT2D eigenvalue weighted by Gasteiger charge is -2.08. The van der Waals surface area contributed by atoms with E-state index in [9.17, 15) is 0 Å². The van der Waals surface area contributed by atoms with E-state index >= 15 is 0 Å². The molecule has 6 heteroatoms. The minimum absolute atomic E-state index is 0.743. The third-order valence-electron chi connectivity index (χ3n) is 5.20. The van der Waals surface area contributed by atoms with Crippen molar-refractivity contribution >= 4 is 11.4 Å². The fourth-order valence-electron chi connectivity index (χ4n) is 3.38. The number of hydrogen-bond donors (Lipinski definition) is 0. The Bertz CT molecular complexity index is 1050. The van der Waals surface area contributed by atoms with Crippen LogP contribution < -0.4 is 9.72 Å². The van der Waals surface area contributed by atoms with Crippen LogP contribution in [-0.4, -0.2) is 27.9 Å². The Morgan fingerprint density at radius 1 is 0.900 bits per heavy atom. The summed E-state index contributed by atoms with van der Waals surface area (Å²) in [6, 6.07) is 14.3. The van der Waals surface area contributed by atoms with Gasteiger partial charge in [0.2, 0.25) is 17.3 Å². The van der Waals surface area contributed by atoms with Gasteiger partial charge in [-0.15, -0.1) is 0 Å². The first kappa shape index (κ1) is 21.6. The molecule has 3 aromatic rings. The van der Waals surface area contributed by atoms with Gasteiger partial charge in [-0.25, -0.2) is 14.3 Å². The maximum Gasteiger partial charge on any atom is 0.227 e. The molecular formula is C24H32N5O+. The summed E-state index contributed by atoms with van der Waals surface area (Å²) in [5.74, 6) is 0.743. The number of pyridine rings is 1. The molecule has 0 atom stereocenters. The summed E-state index contributed by atoms with van der Waals surface area (Å²) in [5, 5.41) is 9.63. The van der Waals surface area contributed by atoms with Gasteiger partial charge in [-0.2, -0.15) is 10.2 Å². The molecule has 0 aliphatic carbocycles. The summed E-state index contributed by atoms with van der Waals surface area (Å²) in [6.07, 6.45) is 3.24. The van der Waals surface area contributed by atoms with Crippen LogP contribution in [0.15, 0.2) is 52.7 Å². The van der Waals surface area contributed by atoms with E-state index in [0.29, 0.717) is 0 Å². The molecule has 0 bridgehead atoms. The Morgan fingerprint density at radius 2 is 1.50 bits per heavy atom. The molecule has 0 aliphatic heterocycles. The number of aryl methyl sites for hydroxylation is 3. The van der Waals surface area contributed by atoms with Gasteiger partial charge in [0.15, 0.2) is 0 Å². The van der Waals surface area contributed by atoms with Crippen molar-refractivity contribution in [3.63, 3.8) is 0 Å². The first-order valence-electron chi connectivity index (χ1n) is 10.5. The van der Waals surface area contributed by atoms with Gasteiger partial charge >= 0.3 is 0 Å². The van der Waals surface area contributed by atoms with E-state index in [0.717, 1.165) is 65.0 Å². The molecule has 0 radical (unpaired) electrons. The molecule has 0 saturated heterocycles. The lowest BCUT2D eigenvalue weighted by Crippen LogP contribution is -2.24. The van der Waals surface area contributed by atoms with Crippen molar-refractivity contribution in [2.24, 2.45) is 10.2 Å². The highest BCUT2D eigenvalue weighted by atomic mass is 16.5. The van der Waals surface area contributed by atoms with Gasteiger partial charge in [-0.05, 0) is 64.8 Å². The Balaban J connectivity index is 1.93. The molecule has 3 aromatic heterocycles. The van der Waals surface area contributed by atoms with Crippen LogP contribution in [0.2, 0.25) is 0 Å². The first-order valence-corrected chi connectivity index (χ1v) is 10.5. The molecule has 30 heavy (non-hydrogen) atoms. The van der Waals surface area contributed by atoms with Crippen LogP contribution in [0.4, 0.5) is 0 Å². The van der Waals surface area contributed by atoms with Crippen LogP contribution in [0, 0.1) is 13.8 Å². The molecule has 0 aromatic carbocycles. The summed E-state index contributed by atoms with van der Waals surface area (Å²) in [7, 11) is 1.68. The topological polar surface area (TPSA) is 57.9 Å². The van der Waals surface area contributed by atoms with E-state index in [1.54, 1.807) is 7.11 Å². The standard InChI is InChI=1S/C24H31N5O/c1-7-8-10-21-15-16-24(30-6)29(21)27-20(5)23-12-9-11-22(25-23)19(4)26-28-17(2)13-14-18(28)3/h9,11-16H,7-8,10H2,1-6H3/p+1/b26-19+,27-20+. The molecular weight excluding hydrogens is 374 g/mol. The van der Waals surface area contributed by atoms with E-state index in [1.165, 1.54) is 0 Å². The number of aromatic nitrogens is 3. The molecule has 0 spiro atoms. The van der Waals surface area contributed by atoms with Gasteiger partial charge in [-0.3, -0.25) is 0 Å². The minimum atomic E-state index is 0.743. The van der Waals surface area contributed by atoms with E-state index in [4.69, 9.17) is 14.9 Å². The van der Waals surface area contributed by atoms with Crippen molar-refractivity contribution in [1.82, 2.24) is 9.35 Å². The summed E-state index contributed by atoms with van der Waals surface area (Å²) in [5.41, 5.74) is 7.07. The van der Waals surface area contributed by atoms with Crippen molar-refractivity contribution < 1.29 is 9.72 Å². The molecule has 3 heterocycles. The summed E-state index contributed by atoms with van der Waals surface area (Å²) >= 11 is 0. The Hall–Kier alpha value is -3.15. The second-order valence-corrected chi connectivity index (χ2v) is 7.56. The van der Waals surface area contributed by atoms with Crippen LogP contribution in [-0.2, 0) is 6.42 Å². The van der Waals surface area contributed by atoms with Crippen LogP contribution in [0.1, 0.15) is 62.1 Å². The average molecular weight is 407 g/mol. The van der Waals surface area contributed by atoms with Gasteiger partial charge in [0, 0.05) is 35.3 Å². The van der Waals surface area contributed by atoms with Crippen molar-refractivity contribution in [3.05, 3.63) is 70.9 Å². The van der Waals surface area contributed by atoms with Crippen LogP contribution >= 0.6 is 0 Å². The first-order chi connectivity index (χ1) is 14.4. The van der Waals surface area contributed by atoms with Gasteiger partial charge in [-0.1, -0.05) is 13.3 Å². The number of nitrogens with zero attached hydrogens (tertiary/aromatic N) is 4. The number of methoxy groups -OCH3 is 1. The Kier molecular flexibility index (Phi) is 6.87. The van der Waals surface area contributed by atoms with Crippen LogP contribution in [0.25, 0.3) is 0 Å².